The van der Waals surface area contributed by atoms with Crippen molar-refractivity contribution in [1.82, 2.24) is 10.2 Å². The number of hydrogen-bond donors (Lipinski definition) is 2. The van der Waals surface area contributed by atoms with Crippen LogP contribution in [0.25, 0.3) is 0 Å². The van der Waals surface area contributed by atoms with Crippen LogP contribution in [0.5, 0.6) is 0 Å². The summed E-state index contributed by atoms with van der Waals surface area (Å²) in [6.45, 7) is 4.44. The molecule has 19 heavy (non-hydrogen) atoms. The van der Waals surface area contributed by atoms with Crippen LogP contribution in [0.3, 0.4) is 0 Å². The average molecular weight is 282 g/mol. The Morgan fingerprint density at radius 2 is 1.84 bits per heavy atom. The highest BCUT2D eigenvalue weighted by atomic mass is 19.4. The molecular formula is C13H25F3N2O. The minimum atomic E-state index is -4.11. The van der Waals surface area contributed by atoms with Gasteiger partial charge < -0.3 is 10.4 Å². The first-order chi connectivity index (χ1) is 8.72. The molecule has 0 amide bonds. The molecule has 0 aromatic heterocycles. The Bertz CT molecular complexity index is 261. The number of rotatable bonds is 6. The maximum absolute atomic E-state index is 12.2. The lowest BCUT2D eigenvalue weighted by molar-refractivity contribution is -0.148. The number of halogens is 3. The van der Waals surface area contributed by atoms with E-state index in [1.165, 1.54) is 4.90 Å². The van der Waals surface area contributed by atoms with Crippen molar-refractivity contribution in [3.63, 3.8) is 0 Å². The highest BCUT2D eigenvalue weighted by Gasteiger charge is 2.32. The van der Waals surface area contributed by atoms with Gasteiger partial charge in [0.2, 0.25) is 0 Å². The number of alkyl halides is 3. The zero-order chi connectivity index (χ0) is 14.5. The molecule has 1 aliphatic rings. The van der Waals surface area contributed by atoms with Crippen LogP contribution in [-0.4, -0.2) is 54.0 Å². The van der Waals surface area contributed by atoms with Gasteiger partial charge in [0.25, 0.3) is 0 Å². The second-order valence-corrected chi connectivity index (χ2v) is 5.79. The van der Waals surface area contributed by atoms with Crippen LogP contribution in [0.4, 0.5) is 13.2 Å². The van der Waals surface area contributed by atoms with E-state index in [2.05, 4.69) is 5.32 Å². The average Bonchev–Trinajstić information content (AvgIpc) is 2.26. The number of hydrogen-bond acceptors (Lipinski definition) is 3. The topological polar surface area (TPSA) is 35.5 Å². The van der Waals surface area contributed by atoms with Gasteiger partial charge in [0.05, 0.1) is 12.1 Å². The van der Waals surface area contributed by atoms with E-state index in [0.717, 1.165) is 12.8 Å². The van der Waals surface area contributed by atoms with Gasteiger partial charge in [0.15, 0.2) is 0 Å². The molecule has 0 aromatic rings. The van der Waals surface area contributed by atoms with Gasteiger partial charge in [0.1, 0.15) is 0 Å². The van der Waals surface area contributed by atoms with Crippen molar-refractivity contribution < 1.29 is 18.3 Å². The van der Waals surface area contributed by atoms with Crippen molar-refractivity contribution in [1.29, 1.82) is 0 Å². The summed E-state index contributed by atoms with van der Waals surface area (Å²) >= 11 is 0. The summed E-state index contributed by atoms with van der Waals surface area (Å²) in [4.78, 5) is 1.45. The minimum absolute atomic E-state index is 0.216. The number of piperidine rings is 1. The largest absolute Gasteiger partial charge is 0.401 e. The minimum Gasteiger partial charge on any atom is -0.389 e. The molecule has 0 radical (unpaired) electrons. The summed E-state index contributed by atoms with van der Waals surface area (Å²) < 4.78 is 36.7. The van der Waals surface area contributed by atoms with E-state index >= 15 is 0 Å². The lowest BCUT2D eigenvalue weighted by Gasteiger charge is -2.34. The third kappa shape index (κ3) is 7.13. The molecule has 1 aliphatic heterocycles. The van der Waals surface area contributed by atoms with E-state index in [4.69, 9.17) is 0 Å². The van der Waals surface area contributed by atoms with Crippen molar-refractivity contribution in [2.24, 2.45) is 0 Å². The molecule has 3 nitrogen and oxygen atoms in total. The summed E-state index contributed by atoms with van der Waals surface area (Å²) in [5, 5.41) is 13.3. The molecule has 0 spiro atoms. The van der Waals surface area contributed by atoms with Gasteiger partial charge in [-0.15, -0.1) is 0 Å². The number of nitrogens with one attached hydrogen (secondary N) is 1. The summed E-state index contributed by atoms with van der Waals surface area (Å²) in [7, 11) is 0. The first-order valence-corrected chi connectivity index (χ1v) is 6.97. The number of nitrogens with zero attached hydrogens (tertiary/aromatic N) is 1. The second-order valence-electron chi connectivity index (χ2n) is 5.79. The van der Waals surface area contributed by atoms with E-state index in [-0.39, 0.29) is 6.04 Å². The molecule has 114 valence electrons. The van der Waals surface area contributed by atoms with Crippen molar-refractivity contribution in [2.45, 2.75) is 57.3 Å². The molecule has 1 fully saturated rings. The Morgan fingerprint density at radius 1 is 1.26 bits per heavy atom. The fraction of sp³-hybridized carbons (Fsp3) is 1.00. The van der Waals surface area contributed by atoms with E-state index in [0.29, 0.717) is 32.5 Å². The zero-order valence-corrected chi connectivity index (χ0v) is 11.8. The fourth-order valence-corrected chi connectivity index (χ4v) is 2.54. The molecule has 0 aliphatic carbocycles. The first kappa shape index (κ1) is 16.7. The number of aliphatic hydroxyl groups is 1. The third-order valence-electron chi connectivity index (χ3n) is 3.55. The van der Waals surface area contributed by atoms with Gasteiger partial charge in [-0.3, -0.25) is 4.90 Å². The standard InChI is InChI=1S/C13H25F3N2O/c1-3-6-12(2,19)9-17-11-4-7-18(8-5-11)10-13(14,15)16/h11,17,19H,3-10H2,1-2H3. The SMILES string of the molecule is CCCC(C)(O)CNC1CCN(CC(F)(F)F)CC1. The molecule has 1 atom stereocenters. The monoisotopic (exact) mass is 282 g/mol. The highest BCUT2D eigenvalue weighted by Crippen LogP contribution is 2.20. The van der Waals surface area contributed by atoms with Gasteiger partial charge in [-0.05, 0) is 39.3 Å². The molecule has 1 rings (SSSR count). The molecule has 0 saturated carbocycles. The highest BCUT2D eigenvalue weighted by molar-refractivity contribution is 4.82. The summed E-state index contributed by atoms with van der Waals surface area (Å²) in [5.41, 5.74) is -0.724. The van der Waals surface area contributed by atoms with Crippen LogP contribution in [-0.2, 0) is 0 Å². The number of likely N-dealkylation sites (tertiary alicyclic amines) is 1. The Kier molecular flexibility index (Phi) is 6.08. The lowest BCUT2D eigenvalue weighted by Crippen LogP contribution is -2.49. The van der Waals surface area contributed by atoms with Crippen LogP contribution >= 0.6 is 0 Å². The van der Waals surface area contributed by atoms with Crippen LogP contribution in [0.15, 0.2) is 0 Å². The maximum atomic E-state index is 12.2. The van der Waals surface area contributed by atoms with Crippen LogP contribution in [0.1, 0.15) is 39.5 Å². The second kappa shape index (κ2) is 6.90. The van der Waals surface area contributed by atoms with Gasteiger partial charge in [-0.2, -0.15) is 13.2 Å². The van der Waals surface area contributed by atoms with Crippen LogP contribution in [0, 0.1) is 0 Å². The molecule has 2 N–H and O–H groups in total. The Morgan fingerprint density at radius 3 is 2.32 bits per heavy atom. The Balaban J connectivity index is 2.23. The molecular weight excluding hydrogens is 257 g/mol. The molecule has 1 saturated heterocycles. The summed E-state index contributed by atoms with van der Waals surface area (Å²) in [6, 6.07) is 0.216. The summed E-state index contributed by atoms with van der Waals surface area (Å²) in [5.74, 6) is 0. The molecule has 1 heterocycles. The third-order valence-corrected chi connectivity index (χ3v) is 3.55. The van der Waals surface area contributed by atoms with Crippen molar-refractivity contribution >= 4 is 0 Å². The summed E-state index contributed by atoms with van der Waals surface area (Å²) in [6.07, 6.45) is -1.05. The Hall–Kier alpha value is -0.330. The Labute approximate surface area is 113 Å². The van der Waals surface area contributed by atoms with E-state index in [1.54, 1.807) is 6.92 Å². The van der Waals surface area contributed by atoms with Crippen molar-refractivity contribution in [2.75, 3.05) is 26.2 Å². The molecule has 0 aromatic carbocycles. The fourth-order valence-electron chi connectivity index (χ4n) is 2.54. The maximum Gasteiger partial charge on any atom is 0.401 e. The van der Waals surface area contributed by atoms with Crippen molar-refractivity contribution in [3.05, 3.63) is 0 Å². The normalized spacial score (nSPS) is 22.4. The van der Waals surface area contributed by atoms with E-state index in [9.17, 15) is 18.3 Å². The van der Waals surface area contributed by atoms with E-state index < -0.39 is 18.3 Å². The van der Waals surface area contributed by atoms with Gasteiger partial charge in [-0.25, -0.2) is 0 Å². The van der Waals surface area contributed by atoms with Gasteiger partial charge in [0, 0.05) is 12.6 Å². The van der Waals surface area contributed by atoms with Gasteiger partial charge >= 0.3 is 6.18 Å². The first-order valence-electron chi connectivity index (χ1n) is 6.97. The van der Waals surface area contributed by atoms with Crippen LogP contribution < -0.4 is 5.32 Å². The predicted molar refractivity (Wildman–Crippen MR) is 69.1 cm³/mol. The zero-order valence-electron chi connectivity index (χ0n) is 11.8. The van der Waals surface area contributed by atoms with Crippen LogP contribution in [0.2, 0.25) is 0 Å². The lowest BCUT2D eigenvalue weighted by atomic mass is 9.98. The predicted octanol–water partition coefficient (Wildman–Crippen LogP) is 2.15. The van der Waals surface area contributed by atoms with Crippen molar-refractivity contribution in [3.8, 4) is 0 Å². The molecule has 1 unspecified atom stereocenters. The molecule has 6 heteroatoms. The quantitative estimate of drug-likeness (QED) is 0.783. The molecule has 0 bridgehead atoms. The van der Waals surface area contributed by atoms with E-state index in [1.807, 2.05) is 6.92 Å². The smallest absolute Gasteiger partial charge is 0.389 e. The van der Waals surface area contributed by atoms with Gasteiger partial charge in [-0.1, -0.05) is 13.3 Å².